The number of methoxy groups -OCH3 is 1. The second-order valence-corrected chi connectivity index (χ2v) is 4.06. The standard InChI is InChI=1S/C14H15N3O2.C2H6/c1-10-7-11(3-4-13(10)19-2)14(18)17-9-12-8-15-5-6-16-12;1-2/h3-8H,9H2,1-2H3,(H,17,18);1-2H3. The average molecular weight is 287 g/mol. The Morgan fingerprint density at radius 1 is 1.29 bits per heavy atom. The van der Waals surface area contributed by atoms with Crippen LogP contribution in [-0.4, -0.2) is 23.0 Å². The Morgan fingerprint density at radius 3 is 2.62 bits per heavy atom. The number of nitrogens with one attached hydrogen (secondary N) is 1. The zero-order valence-electron chi connectivity index (χ0n) is 12.9. The van der Waals surface area contributed by atoms with Gasteiger partial charge in [0.05, 0.1) is 25.5 Å². The molecule has 0 saturated heterocycles. The van der Waals surface area contributed by atoms with Crippen molar-refractivity contribution < 1.29 is 9.53 Å². The Bertz CT molecular complexity index is 571. The summed E-state index contributed by atoms with van der Waals surface area (Å²) in [5.74, 6) is 0.627. The first-order chi connectivity index (χ1) is 10.2. The molecule has 0 atom stereocenters. The fourth-order valence-corrected chi connectivity index (χ4v) is 1.71. The van der Waals surface area contributed by atoms with Gasteiger partial charge >= 0.3 is 0 Å². The smallest absolute Gasteiger partial charge is 0.251 e. The van der Waals surface area contributed by atoms with Crippen molar-refractivity contribution in [3.63, 3.8) is 0 Å². The van der Waals surface area contributed by atoms with E-state index in [1.54, 1.807) is 43.9 Å². The van der Waals surface area contributed by atoms with Crippen LogP contribution in [0.1, 0.15) is 35.5 Å². The van der Waals surface area contributed by atoms with Crippen LogP contribution in [-0.2, 0) is 6.54 Å². The van der Waals surface area contributed by atoms with E-state index >= 15 is 0 Å². The summed E-state index contributed by atoms with van der Waals surface area (Å²) in [6, 6.07) is 5.31. The molecule has 2 rings (SSSR count). The highest BCUT2D eigenvalue weighted by molar-refractivity contribution is 5.94. The molecule has 112 valence electrons. The molecule has 0 aliphatic carbocycles. The SMILES string of the molecule is CC.COc1ccc(C(=O)NCc2cnccn2)cc1C. The van der Waals surface area contributed by atoms with Gasteiger partial charge in [0.25, 0.3) is 5.91 Å². The molecule has 0 aliphatic heterocycles. The van der Waals surface area contributed by atoms with E-state index in [0.29, 0.717) is 12.1 Å². The third-order valence-electron chi connectivity index (χ3n) is 2.70. The third kappa shape index (κ3) is 4.87. The van der Waals surface area contributed by atoms with E-state index in [4.69, 9.17) is 4.74 Å². The molecule has 1 heterocycles. The molecule has 0 fully saturated rings. The molecule has 1 aromatic carbocycles. The lowest BCUT2D eigenvalue weighted by Gasteiger charge is -2.08. The van der Waals surface area contributed by atoms with Gasteiger partial charge in [-0.15, -0.1) is 0 Å². The van der Waals surface area contributed by atoms with Gasteiger partial charge in [-0.1, -0.05) is 13.8 Å². The van der Waals surface area contributed by atoms with Crippen molar-refractivity contribution in [2.45, 2.75) is 27.3 Å². The maximum absolute atomic E-state index is 12.0. The molecule has 0 radical (unpaired) electrons. The molecule has 0 spiro atoms. The zero-order valence-corrected chi connectivity index (χ0v) is 12.9. The second kappa shape index (κ2) is 8.68. The number of benzene rings is 1. The molecule has 5 heteroatoms. The molecule has 21 heavy (non-hydrogen) atoms. The summed E-state index contributed by atoms with van der Waals surface area (Å²) in [7, 11) is 1.61. The Kier molecular flexibility index (Phi) is 6.87. The largest absolute Gasteiger partial charge is 0.496 e. The highest BCUT2D eigenvalue weighted by Gasteiger charge is 2.08. The number of hydrogen-bond acceptors (Lipinski definition) is 4. The summed E-state index contributed by atoms with van der Waals surface area (Å²) in [6.45, 7) is 6.26. The van der Waals surface area contributed by atoms with Gasteiger partial charge < -0.3 is 10.1 Å². The third-order valence-corrected chi connectivity index (χ3v) is 2.70. The molecule has 0 unspecified atom stereocenters. The number of carbonyl (C=O) groups excluding carboxylic acids is 1. The summed E-state index contributed by atoms with van der Waals surface area (Å²) in [5.41, 5.74) is 2.25. The zero-order chi connectivity index (χ0) is 15.7. The van der Waals surface area contributed by atoms with Gasteiger partial charge in [0.15, 0.2) is 0 Å². The maximum Gasteiger partial charge on any atom is 0.251 e. The van der Waals surface area contributed by atoms with Crippen molar-refractivity contribution in [2.24, 2.45) is 0 Å². The molecule has 0 saturated carbocycles. The van der Waals surface area contributed by atoms with Gasteiger partial charge in [-0.2, -0.15) is 0 Å². The van der Waals surface area contributed by atoms with Crippen LogP contribution in [0, 0.1) is 6.92 Å². The van der Waals surface area contributed by atoms with E-state index in [0.717, 1.165) is 17.0 Å². The van der Waals surface area contributed by atoms with E-state index in [1.807, 2.05) is 20.8 Å². The summed E-state index contributed by atoms with van der Waals surface area (Å²) in [5, 5.41) is 2.80. The van der Waals surface area contributed by atoms with Crippen molar-refractivity contribution in [1.82, 2.24) is 15.3 Å². The van der Waals surface area contributed by atoms with Crippen LogP contribution in [0.25, 0.3) is 0 Å². The summed E-state index contributed by atoms with van der Waals surface area (Å²) < 4.78 is 5.16. The van der Waals surface area contributed by atoms with Crippen LogP contribution < -0.4 is 10.1 Å². The number of aryl methyl sites for hydroxylation is 1. The Balaban J connectivity index is 0.00000106. The molecular weight excluding hydrogens is 266 g/mol. The number of carbonyl (C=O) groups is 1. The minimum atomic E-state index is -0.142. The quantitative estimate of drug-likeness (QED) is 0.939. The predicted molar refractivity (Wildman–Crippen MR) is 82.3 cm³/mol. The predicted octanol–water partition coefficient (Wildman–Crippen LogP) is 2.75. The fraction of sp³-hybridized carbons (Fsp3) is 0.312. The van der Waals surface area contributed by atoms with Gasteiger partial charge in [-0.25, -0.2) is 0 Å². The first kappa shape index (κ1) is 16.6. The number of nitrogens with zero attached hydrogens (tertiary/aromatic N) is 2. The van der Waals surface area contributed by atoms with Crippen molar-refractivity contribution in [2.75, 3.05) is 7.11 Å². The lowest BCUT2D eigenvalue weighted by Crippen LogP contribution is -2.23. The van der Waals surface area contributed by atoms with Gasteiger partial charge in [0, 0.05) is 18.0 Å². The summed E-state index contributed by atoms with van der Waals surface area (Å²) in [4.78, 5) is 20.0. The Morgan fingerprint density at radius 2 is 2.05 bits per heavy atom. The van der Waals surface area contributed by atoms with Crippen LogP contribution >= 0.6 is 0 Å². The number of ether oxygens (including phenoxy) is 1. The van der Waals surface area contributed by atoms with E-state index < -0.39 is 0 Å². The minimum absolute atomic E-state index is 0.142. The van der Waals surface area contributed by atoms with Gasteiger partial charge in [0.1, 0.15) is 5.75 Å². The Hall–Kier alpha value is -2.43. The van der Waals surface area contributed by atoms with Crippen molar-refractivity contribution >= 4 is 5.91 Å². The first-order valence-corrected chi connectivity index (χ1v) is 6.88. The maximum atomic E-state index is 12.0. The number of rotatable bonds is 4. The average Bonchev–Trinajstić information content (AvgIpc) is 2.55. The van der Waals surface area contributed by atoms with Crippen LogP contribution in [0.2, 0.25) is 0 Å². The van der Waals surface area contributed by atoms with Crippen LogP contribution in [0.3, 0.4) is 0 Å². The van der Waals surface area contributed by atoms with E-state index in [9.17, 15) is 4.79 Å². The molecule has 0 aliphatic rings. The van der Waals surface area contributed by atoms with E-state index in [2.05, 4.69) is 15.3 Å². The van der Waals surface area contributed by atoms with E-state index in [-0.39, 0.29) is 5.91 Å². The lowest BCUT2D eigenvalue weighted by atomic mass is 10.1. The monoisotopic (exact) mass is 287 g/mol. The highest BCUT2D eigenvalue weighted by atomic mass is 16.5. The molecular formula is C16H21N3O2. The van der Waals surface area contributed by atoms with Crippen molar-refractivity contribution in [3.05, 3.63) is 53.6 Å². The normalized spacial score (nSPS) is 9.33. The molecule has 0 bridgehead atoms. The van der Waals surface area contributed by atoms with Gasteiger partial charge in [0.2, 0.25) is 0 Å². The Labute approximate surface area is 125 Å². The van der Waals surface area contributed by atoms with Gasteiger partial charge in [-0.05, 0) is 30.7 Å². The summed E-state index contributed by atoms with van der Waals surface area (Å²) >= 11 is 0. The van der Waals surface area contributed by atoms with Gasteiger partial charge in [-0.3, -0.25) is 14.8 Å². The number of aromatic nitrogens is 2. The minimum Gasteiger partial charge on any atom is -0.496 e. The van der Waals surface area contributed by atoms with Crippen molar-refractivity contribution in [1.29, 1.82) is 0 Å². The van der Waals surface area contributed by atoms with Crippen LogP contribution in [0.5, 0.6) is 5.75 Å². The van der Waals surface area contributed by atoms with Crippen LogP contribution in [0.4, 0.5) is 0 Å². The second-order valence-electron chi connectivity index (χ2n) is 4.06. The fourth-order valence-electron chi connectivity index (χ4n) is 1.71. The van der Waals surface area contributed by atoms with Crippen molar-refractivity contribution in [3.8, 4) is 5.75 Å². The molecule has 1 amide bonds. The van der Waals surface area contributed by atoms with Crippen LogP contribution in [0.15, 0.2) is 36.8 Å². The number of hydrogen-bond donors (Lipinski definition) is 1. The summed E-state index contributed by atoms with van der Waals surface area (Å²) in [6.07, 6.45) is 4.82. The molecule has 5 nitrogen and oxygen atoms in total. The first-order valence-electron chi connectivity index (χ1n) is 6.88. The topological polar surface area (TPSA) is 64.1 Å². The van der Waals surface area contributed by atoms with E-state index in [1.165, 1.54) is 0 Å². The molecule has 1 aromatic heterocycles. The highest BCUT2D eigenvalue weighted by Crippen LogP contribution is 2.18. The number of amides is 1. The molecule has 1 N–H and O–H groups in total. The molecule has 2 aromatic rings. The lowest BCUT2D eigenvalue weighted by molar-refractivity contribution is 0.0950.